The Bertz CT molecular complexity index is 367. The number of fused-ring (bicyclic) bond motifs is 2. The van der Waals surface area contributed by atoms with Crippen LogP contribution in [0.1, 0.15) is 65.7 Å². The molecule has 1 amide bonds. The van der Waals surface area contributed by atoms with Gasteiger partial charge in [-0.05, 0) is 44.9 Å². The van der Waals surface area contributed by atoms with Crippen LogP contribution in [0.25, 0.3) is 0 Å². The smallest absolute Gasteiger partial charge is 0.229 e. The van der Waals surface area contributed by atoms with Crippen molar-refractivity contribution in [1.82, 2.24) is 5.32 Å². The van der Waals surface area contributed by atoms with E-state index >= 15 is 0 Å². The molecule has 0 aromatic carbocycles. The zero-order valence-corrected chi connectivity index (χ0v) is 13.1. The maximum absolute atomic E-state index is 12.9. The van der Waals surface area contributed by atoms with Gasteiger partial charge in [0.15, 0.2) is 0 Å². The van der Waals surface area contributed by atoms with Crippen LogP contribution in [0.3, 0.4) is 0 Å². The van der Waals surface area contributed by atoms with Gasteiger partial charge in [0.05, 0.1) is 23.2 Å². The molecule has 116 valence electrons. The maximum Gasteiger partial charge on any atom is 0.229 e. The average Bonchev–Trinajstić information content (AvgIpc) is 2.70. The molecule has 0 unspecified atom stereocenters. The molecule has 0 aromatic heterocycles. The van der Waals surface area contributed by atoms with E-state index in [1.54, 1.807) is 0 Å². The molecule has 1 saturated heterocycles. The minimum absolute atomic E-state index is 0.0254. The van der Waals surface area contributed by atoms with Gasteiger partial charge in [-0.2, -0.15) is 0 Å². The second kappa shape index (κ2) is 5.64. The van der Waals surface area contributed by atoms with Crippen LogP contribution in [0.4, 0.5) is 0 Å². The highest BCUT2D eigenvalue weighted by atomic mass is 16.5. The Hall–Kier alpha value is -0.610. The van der Waals surface area contributed by atoms with E-state index < -0.39 is 16.6 Å². The van der Waals surface area contributed by atoms with Crippen molar-refractivity contribution in [2.75, 3.05) is 13.2 Å². The van der Waals surface area contributed by atoms with Gasteiger partial charge in [0.2, 0.25) is 5.91 Å². The molecule has 0 spiro atoms. The summed E-state index contributed by atoms with van der Waals surface area (Å²) in [6, 6.07) is 0. The quantitative estimate of drug-likeness (QED) is 0.787. The van der Waals surface area contributed by atoms with Gasteiger partial charge in [0.1, 0.15) is 0 Å². The molecule has 2 atom stereocenters. The van der Waals surface area contributed by atoms with Crippen molar-refractivity contribution in [3.05, 3.63) is 0 Å². The van der Waals surface area contributed by atoms with E-state index in [1.165, 1.54) is 0 Å². The molecule has 0 radical (unpaired) electrons. The van der Waals surface area contributed by atoms with Gasteiger partial charge >= 0.3 is 0 Å². The first-order chi connectivity index (χ1) is 9.53. The fourth-order valence-electron chi connectivity index (χ4n) is 4.47. The number of carbonyl (C=O) groups is 1. The van der Waals surface area contributed by atoms with Gasteiger partial charge in [-0.3, -0.25) is 4.79 Å². The maximum atomic E-state index is 12.9. The number of ether oxygens (including phenoxy) is 1. The number of aliphatic hydroxyl groups is 1. The van der Waals surface area contributed by atoms with Crippen molar-refractivity contribution in [3.8, 4) is 0 Å². The van der Waals surface area contributed by atoms with Crippen molar-refractivity contribution in [3.63, 3.8) is 0 Å². The summed E-state index contributed by atoms with van der Waals surface area (Å²) in [5.41, 5.74) is -1.36. The van der Waals surface area contributed by atoms with Gasteiger partial charge in [-0.25, -0.2) is 0 Å². The van der Waals surface area contributed by atoms with E-state index in [2.05, 4.69) is 26.1 Å². The Morgan fingerprint density at radius 2 is 1.95 bits per heavy atom. The zero-order chi connectivity index (χ0) is 14.9. The minimum atomic E-state index is -0.492. The highest BCUT2D eigenvalue weighted by molar-refractivity contribution is 5.85. The van der Waals surface area contributed by atoms with Gasteiger partial charge in [0, 0.05) is 6.54 Å². The van der Waals surface area contributed by atoms with Crippen molar-refractivity contribution in [1.29, 1.82) is 0 Å². The monoisotopic (exact) mass is 283 g/mol. The van der Waals surface area contributed by atoms with Crippen LogP contribution in [0.2, 0.25) is 0 Å². The highest BCUT2D eigenvalue weighted by Crippen LogP contribution is 2.61. The molecule has 2 rings (SSSR count). The molecule has 1 aliphatic heterocycles. The lowest BCUT2D eigenvalue weighted by atomic mass is 9.60. The molecule has 20 heavy (non-hydrogen) atoms. The predicted octanol–water partition coefficient (Wildman–Crippen LogP) is 2.39. The van der Waals surface area contributed by atoms with E-state index in [-0.39, 0.29) is 12.5 Å². The Balaban J connectivity index is 2.37. The Morgan fingerprint density at radius 3 is 2.50 bits per heavy atom. The van der Waals surface area contributed by atoms with E-state index in [4.69, 9.17) is 4.74 Å². The first-order valence-electron chi connectivity index (χ1n) is 8.13. The average molecular weight is 283 g/mol. The summed E-state index contributed by atoms with van der Waals surface area (Å²) in [5.74, 6) is 0.137. The normalized spacial score (nSPS) is 35.0. The minimum Gasteiger partial charge on any atom is -0.393 e. The number of amides is 1. The molecule has 2 N–H and O–H groups in total. The van der Waals surface area contributed by atoms with Crippen molar-refractivity contribution in [2.45, 2.75) is 76.9 Å². The summed E-state index contributed by atoms with van der Waals surface area (Å²) in [7, 11) is 0. The highest BCUT2D eigenvalue weighted by Gasteiger charge is 2.67. The second-order valence-electron chi connectivity index (χ2n) is 6.51. The Labute approximate surface area is 122 Å². The molecular formula is C16H29NO3. The van der Waals surface area contributed by atoms with Gasteiger partial charge < -0.3 is 15.2 Å². The lowest BCUT2D eigenvalue weighted by molar-refractivity contribution is -0.156. The predicted molar refractivity (Wildman–Crippen MR) is 78.4 cm³/mol. The number of hydrogen-bond donors (Lipinski definition) is 2. The molecule has 2 aliphatic rings. The fourth-order valence-corrected chi connectivity index (χ4v) is 4.47. The summed E-state index contributed by atoms with van der Waals surface area (Å²) in [5, 5.41) is 12.9. The molecule has 1 saturated carbocycles. The van der Waals surface area contributed by atoms with Gasteiger partial charge in [-0.15, -0.1) is 0 Å². The summed E-state index contributed by atoms with van der Waals surface area (Å²) >= 11 is 0. The SMILES string of the molecule is CCCNC(=O)[C@]12CCC[C@](CO)(C1)OC2(CC)CC. The number of rotatable bonds is 6. The third-order valence-electron chi connectivity index (χ3n) is 5.54. The van der Waals surface area contributed by atoms with Gasteiger partial charge in [0.25, 0.3) is 0 Å². The zero-order valence-electron chi connectivity index (χ0n) is 13.1. The number of aliphatic hydroxyl groups excluding tert-OH is 1. The lowest BCUT2D eigenvalue weighted by Gasteiger charge is -2.42. The van der Waals surface area contributed by atoms with Gasteiger partial charge in [-0.1, -0.05) is 20.8 Å². The molecule has 1 heterocycles. The molecule has 1 aliphatic carbocycles. The second-order valence-corrected chi connectivity index (χ2v) is 6.51. The largest absolute Gasteiger partial charge is 0.393 e. The van der Waals surface area contributed by atoms with Crippen LogP contribution in [0.5, 0.6) is 0 Å². The van der Waals surface area contributed by atoms with Crippen LogP contribution < -0.4 is 5.32 Å². The number of carbonyl (C=O) groups excluding carboxylic acids is 1. The molecule has 0 aromatic rings. The van der Waals surface area contributed by atoms with Crippen LogP contribution in [-0.4, -0.2) is 35.4 Å². The summed E-state index contributed by atoms with van der Waals surface area (Å²) < 4.78 is 6.40. The van der Waals surface area contributed by atoms with Crippen LogP contribution in [0, 0.1) is 5.41 Å². The first-order valence-corrected chi connectivity index (χ1v) is 8.13. The van der Waals surface area contributed by atoms with E-state index in [9.17, 15) is 9.90 Å². The first kappa shape index (κ1) is 15.8. The van der Waals surface area contributed by atoms with Crippen LogP contribution >= 0.6 is 0 Å². The lowest BCUT2D eigenvalue weighted by Crippen LogP contribution is -2.54. The molecule has 2 fully saturated rings. The van der Waals surface area contributed by atoms with Crippen molar-refractivity contribution < 1.29 is 14.6 Å². The molecular weight excluding hydrogens is 254 g/mol. The number of nitrogens with one attached hydrogen (secondary N) is 1. The topological polar surface area (TPSA) is 58.6 Å². The molecule has 2 bridgehead atoms. The summed E-state index contributed by atoms with van der Waals surface area (Å²) in [6.45, 7) is 7.01. The fraction of sp³-hybridized carbons (Fsp3) is 0.938. The van der Waals surface area contributed by atoms with E-state index in [1.807, 2.05) is 0 Å². The third kappa shape index (κ3) is 2.08. The van der Waals surface area contributed by atoms with Crippen LogP contribution in [0.15, 0.2) is 0 Å². The van der Waals surface area contributed by atoms with Crippen LogP contribution in [-0.2, 0) is 9.53 Å². The Morgan fingerprint density at radius 1 is 1.25 bits per heavy atom. The van der Waals surface area contributed by atoms with E-state index in [0.29, 0.717) is 6.42 Å². The number of hydrogen-bond acceptors (Lipinski definition) is 3. The molecule has 4 heteroatoms. The third-order valence-corrected chi connectivity index (χ3v) is 5.54. The van der Waals surface area contributed by atoms with Crippen molar-refractivity contribution >= 4 is 5.91 Å². The molecule has 4 nitrogen and oxygen atoms in total. The van der Waals surface area contributed by atoms with Crippen molar-refractivity contribution in [2.24, 2.45) is 5.41 Å². The summed E-state index contributed by atoms with van der Waals surface area (Å²) in [4.78, 5) is 12.9. The Kier molecular flexibility index (Phi) is 4.45. The summed E-state index contributed by atoms with van der Waals surface area (Å²) in [6.07, 6.45) is 5.98. The standard InChI is InChI=1S/C16H29NO3/c1-4-10-17-13(19)15-9-7-8-14(11-15,12-18)20-16(15,5-2)6-3/h18H,4-12H2,1-3H3,(H,17,19)/t14-,15+/m1/s1. The van der Waals surface area contributed by atoms with E-state index in [0.717, 1.165) is 45.1 Å².